The van der Waals surface area contributed by atoms with Gasteiger partial charge in [-0.25, -0.2) is 0 Å². The molecule has 0 radical (unpaired) electrons. The van der Waals surface area contributed by atoms with E-state index in [1.165, 1.54) is 11.3 Å². The lowest BCUT2D eigenvalue weighted by Crippen LogP contribution is -2.36. The summed E-state index contributed by atoms with van der Waals surface area (Å²) in [5.41, 5.74) is 2.45. The summed E-state index contributed by atoms with van der Waals surface area (Å²) in [4.78, 5) is 2.32. The highest BCUT2D eigenvalue weighted by Crippen LogP contribution is 2.16. The molecule has 1 aromatic carbocycles. The van der Waals surface area contributed by atoms with Gasteiger partial charge in [-0.15, -0.1) is 0 Å². The van der Waals surface area contributed by atoms with Crippen molar-refractivity contribution >= 4 is 0 Å². The van der Waals surface area contributed by atoms with Gasteiger partial charge in [-0.3, -0.25) is 4.90 Å². The normalized spacial score (nSPS) is 12.7. The van der Waals surface area contributed by atoms with Crippen LogP contribution in [0.3, 0.4) is 0 Å². The molecule has 0 aliphatic carbocycles. The van der Waals surface area contributed by atoms with Crippen LogP contribution < -0.4 is 4.74 Å². The molecule has 2 aromatic rings. The Bertz CT molecular complexity index is 669. The van der Waals surface area contributed by atoms with Crippen LogP contribution in [0, 0.1) is 5.92 Å². The minimum absolute atomic E-state index is 0.364. The van der Waals surface area contributed by atoms with Crippen molar-refractivity contribution in [1.82, 2.24) is 9.47 Å². The fourth-order valence-corrected chi connectivity index (χ4v) is 3.16. The van der Waals surface area contributed by atoms with Gasteiger partial charge in [0.25, 0.3) is 0 Å². The molecule has 0 bridgehead atoms. The molecule has 0 fully saturated rings. The van der Waals surface area contributed by atoms with Crippen LogP contribution in [0.5, 0.6) is 5.75 Å². The Hall–Kier alpha value is -1.82. The summed E-state index contributed by atoms with van der Waals surface area (Å²) in [7, 11) is 3.32. The zero-order chi connectivity index (χ0) is 19.6. The summed E-state index contributed by atoms with van der Waals surface area (Å²) in [6.07, 6.45) is 2.75. The third kappa shape index (κ3) is 7.37. The molecule has 0 saturated carbocycles. The van der Waals surface area contributed by atoms with Crippen LogP contribution >= 0.6 is 0 Å². The van der Waals surface area contributed by atoms with Gasteiger partial charge in [-0.1, -0.05) is 26.0 Å². The van der Waals surface area contributed by atoms with E-state index in [0.29, 0.717) is 19.1 Å². The van der Waals surface area contributed by atoms with E-state index >= 15 is 0 Å². The highest BCUT2D eigenvalue weighted by atomic mass is 16.5. The van der Waals surface area contributed by atoms with Crippen LogP contribution in [-0.4, -0.2) is 54.6 Å². The molecule has 150 valence electrons. The Labute approximate surface area is 163 Å². The molecule has 0 aliphatic rings. The number of benzene rings is 1. The van der Waals surface area contributed by atoms with Gasteiger partial charge in [0.15, 0.2) is 0 Å². The van der Waals surface area contributed by atoms with Gasteiger partial charge in [0.2, 0.25) is 0 Å². The van der Waals surface area contributed by atoms with Gasteiger partial charge >= 0.3 is 0 Å². The molecule has 2 rings (SSSR count). The van der Waals surface area contributed by atoms with E-state index in [0.717, 1.165) is 31.8 Å². The lowest BCUT2D eigenvalue weighted by molar-refractivity contribution is 0.0343. The molecule has 1 N–H and O–H groups in total. The highest BCUT2D eigenvalue weighted by Gasteiger charge is 2.15. The van der Waals surface area contributed by atoms with Crippen molar-refractivity contribution in [3.63, 3.8) is 0 Å². The first kappa shape index (κ1) is 21.5. The average molecular weight is 375 g/mol. The molecule has 1 aromatic heterocycles. The zero-order valence-electron chi connectivity index (χ0n) is 17.1. The molecule has 1 heterocycles. The van der Waals surface area contributed by atoms with Gasteiger partial charge in [-0.05, 0) is 48.7 Å². The third-order valence-corrected chi connectivity index (χ3v) is 4.65. The molecule has 1 atom stereocenters. The van der Waals surface area contributed by atoms with E-state index in [4.69, 9.17) is 9.47 Å². The number of methoxy groups -OCH3 is 2. The number of nitrogens with zero attached hydrogens (tertiary/aromatic N) is 2. The van der Waals surface area contributed by atoms with Gasteiger partial charge < -0.3 is 19.1 Å². The lowest BCUT2D eigenvalue weighted by atomic mass is 10.1. The number of hydrogen-bond donors (Lipinski definition) is 1. The predicted octanol–water partition coefficient (Wildman–Crippen LogP) is 3.40. The molecule has 27 heavy (non-hydrogen) atoms. The van der Waals surface area contributed by atoms with Crippen molar-refractivity contribution in [2.75, 3.05) is 33.9 Å². The Kier molecular flexibility index (Phi) is 8.85. The summed E-state index contributed by atoms with van der Waals surface area (Å²) < 4.78 is 12.7. The van der Waals surface area contributed by atoms with Crippen molar-refractivity contribution in [2.24, 2.45) is 5.92 Å². The quantitative estimate of drug-likeness (QED) is 0.619. The third-order valence-electron chi connectivity index (χ3n) is 4.65. The van der Waals surface area contributed by atoms with Crippen molar-refractivity contribution in [1.29, 1.82) is 0 Å². The standard InChI is InChI=1S/C22H34N2O3/c1-18(2)10-12-23(16-21(25)17-26-3)15-20-8-6-11-24(20)14-19-7-5-9-22(13-19)27-4/h5-9,11,13,18,21,25H,10,12,14-17H2,1-4H3. The zero-order valence-corrected chi connectivity index (χ0v) is 17.1. The summed E-state index contributed by atoms with van der Waals surface area (Å²) in [6.45, 7) is 8.02. The average Bonchev–Trinajstić information content (AvgIpc) is 3.06. The summed E-state index contributed by atoms with van der Waals surface area (Å²) in [5, 5.41) is 10.2. The Balaban J connectivity index is 2.07. The van der Waals surface area contributed by atoms with Crippen LogP contribution in [0.1, 0.15) is 31.5 Å². The van der Waals surface area contributed by atoms with E-state index in [-0.39, 0.29) is 0 Å². The minimum Gasteiger partial charge on any atom is -0.497 e. The molecule has 5 heteroatoms. The van der Waals surface area contributed by atoms with Crippen LogP contribution in [0.4, 0.5) is 0 Å². The van der Waals surface area contributed by atoms with E-state index in [1.807, 2.05) is 12.1 Å². The van der Waals surface area contributed by atoms with Gasteiger partial charge in [-0.2, -0.15) is 0 Å². The predicted molar refractivity (Wildman–Crippen MR) is 109 cm³/mol. The molecule has 0 saturated heterocycles. The van der Waals surface area contributed by atoms with Crippen LogP contribution in [0.2, 0.25) is 0 Å². The van der Waals surface area contributed by atoms with Gasteiger partial charge in [0.1, 0.15) is 5.75 Å². The first-order chi connectivity index (χ1) is 13.0. The van der Waals surface area contributed by atoms with Crippen molar-refractivity contribution in [3.8, 4) is 5.75 Å². The second-order valence-corrected chi connectivity index (χ2v) is 7.51. The summed E-state index contributed by atoms with van der Waals surface area (Å²) in [5.74, 6) is 1.51. The number of aliphatic hydroxyl groups is 1. The maximum Gasteiger partial charge on any atom is 0.119 e. The molecular formula is C22H34N2O3. The summed E-state index contributed by atoms with van der Waals surface area (Å²) in [6, 6.07) is 12.4. The monoisotopic (exact) mass is 374 g/mol. The van der Waals surface area contributed by atoms with Crippen LogP contribution in [0.15, 0.2) is 42.6 Å². The van der Waals surface area contributed by atoms with Crippen molar-refractivity contribution in [2.45, 2.75) is 39.5 Å². The van der Waals surface area contributed by atoms with Crippen LogP contribution in [0.25, 0.3) is 0 Å². The highest BCUT2D eigenvalue weighted by molar-refractivity contribution is 5.29. The number of hydrogen-bond acceptors (Lipinski definition) is 4. The lowest BCUT2D eigenvalue weighted by Gasteiger charge is -2.26. The van der Waals surface area contributed by atoms with Gasteiger partial charge in [0.05, 0.1) is 19.8 Å². The molecule has 1 unspecified atom stereocenters. The van der Waals surface area contributed by atoms with E-state index in [9.17, 15) is 5.11 Å². The Morgan fingerprint density at radius 1 is 1.15 bits per heavy atom. The second-order valence-electron chi connectivity index (χ2n) is 7.51. The number of ether oxygens (including phenoxy) is 2. The fraction of sp³-hybridized carbons (Fsp3) is 0.545. The Morgan fingerprint density at radius 2 is 1.96 bits per heavy atom. The smallest absolute Gasteiger partial charge is 0.119 e. The number of rotatable bonds is 12. The topological polar surface area (TPSA) is 46.9 Å². The maximum absolute atomic E-state index is 10.2. The second kappa shape index (κ2) is 11.1. The Morgan fingerprint density at radius 3 is 2.67 bits per heavy atom. The molecule has 0 spiro atoms. The number of aromatic nitrogens is 1. The number of aliphatic hydroxyl groups excluding tert-OH is 1. The summed E-state index contributed by atoms with van der Waals surface area (Å²) >= 11 is 0. The van der Waals surface area contributed by atoms with Gasteiger partial charge in [0, 0.05) is 38.6 Å². The van der Waals surface area contributed by atoms with Crippen molar-refractivity contribution in [3.05, 3.63) is 53.9 Å². The molecule has 0 aliphatic heterocycles. The van der Waals surface area contributed by atoms with E-state index < -0.39 is 6.10 Å². The fourth-order valence-electron chi connectivity index (χ4n) is 3.16. The van der Waals surface area contributed by atoms with Crippen LogP contribution in [-0.2, 0) is 17.8 Å². The minimum atomic E-state index is -0.469. The van der Waals surface area contributed by atoms with Crippen molar-refractivity contribution < 1.29 is 14.6 Å². The first-order valence-corrected chi connectivity index (χ1v) is 9.68. The molecule has 0 amide bonds. The first-order valence-electron chi connectivity index (χ1n) is 9.68. The SMILES string of the molecule is COCC(O)CN(CCC(C)C)Cc1cccn1Cc1cccc(OC)c1. The molecular weight excluding hydrogens is 340 g/mol. The largest absolute Gasteiger partial charge is 0.497 e. The maximum atomic E-state index is 10.2. The van der Waals surface area contributed by atoms with E-state index in [2.05, 4.69) is 53.8 Å². The molecule has 5 nitrogen and oxygen atoms in total. The van der Waals surface area contributed by atoms with E-state index in [1.54, 1.807) is 14.2 Å².